The van der Waals surface area contributed by atoms with Gasteiger partial charge in [0.1, 0.15) is 0 Å². The summed E-state index contributed by atoms with van der Waals surface area (Å²) in [5.74, 6) is -0.883. The van der Waals surface area contributed by atoms with Gasteiger partial charge in [0, 0.05) is 24.3 Å². The first-order valence-electron chi connectivity index (χ1n) is 9.02. The lowest BCUT2D eigenvalue weighted by molar-refractivity contribution is 0.0600. The number of rotatable bonds is 5. The van der Waals surface area contributed by atoms with Crippen LogP contribution >= 0.6 is 0 Å². The van der Waals surface area contributed by atoms with Crippen LogP contribution in [0.4, 0.5) is 5.69 Å². The van der Waals surface area contributed by atoms with Gasteiger partial charge in [0.05, 0.1) is 17.6 Å². The average Bonchev–Trinajstić information content (AvgIpc) is 2.74. The third-order valence-electron chi connectivity index (χ3n) is 4.61. The second-order valence-electron chi connectivity index (χ2n) is 6.52. The number of hydrogen-bond acceptors (Lipinski definition) is 5. The Morgan fingerprint density at radius 3 is 2.25 bits per heavy atom. The summed E-state index contributed by atoms with van der Waals surface area (Å²) in [5, 5.41) is 2.70. The molecule has 0 radical (unpaired) electrons. The van der Waals surface area contributed by atoms with Crippen LogP contribution in [-0.4, -0.2) is 44.8 Å². The number of piperidine rings is 1. The van der Waals surface area contributed by atoms with Gasteiger partial charge in [-0.25, -0.2) is 13.2 Å². The molecular weight excluding hydrogens is 380 g/mol. The van der Waals surface area contributed by atoms with Crippen LogP contribution in [0.3, 0.4) is 0 Å². The predicted octanol–water partition coefficient (Wildman–Crippen LogP) is 2.90. The van der Waals surface area contributed by atoms with Crippen molar-refractivity contribution in [2.75, 3.05) is 25.5 Å². The predicted molar refractivity (Wildman–Crippen MR) is 105 cm³/mol. The highest BCUT2D eigenvalue weighted by molar-refractivity contribution is 7.89. The molecule has 1 fully saturated rings. The van der Waals surface area contributed by atoms with E-state index >= 15 is 0 Å². The zero-order valence-electron chi connectivity index (χ0n) is 15.6. The molecule has 1 aliphatic rings. The molecule has 8 heteroatoms. The minimum atomic E-state index is -3.57. The van der Waals surface area contributed by atoms with E-state index in [-0.39, 0.29) is 4.90 Å². The Kier molecular flexibility index (Phi) is 6.11. The number of anilines is 1. The van der Waals surface area contributed by atoms with Crippen molar-refractivity contribution in [1.82, 2.24) is 4.31 Å². The Hall–Kier alpha value is -2.71. The second-order valence-corrected chi connectivity index (χ2v) is 8.45. The van der Waals surface area contributed by atoms with Crippen molar-refractivity contribution in [2.24, 2.45) is 0 Å². The van der Waals surface area contributed by atoms with Gasteiger partial charge in [-0.15, -0.1) is 0 Å². The maximum Gasteiger partial charge on any atom is 0.337 e. The molecule has 0 aliphatic carbocycles. The molecule has 7 nitrogen and oxygen atoms in total. The van der Waals surface area contributed by atoms with E-state index in [2.05, 4.69) is 10.1 Å². The third kappa shape index (κ3) is 4.40. The number of methoxy groups -OCH3 is 1. The second kappa shape index (κ2) is 8.53. The Balaban J connectivity index is 1.75. The number of esters is 1. The van der Waals surface area contributed by atoms with E-state index in [0.717, 1.165) is 19.3 Å². The normalized spacial score (nSPS) is 15.0. The van der Waals surface area contributed by atoms with Crippen molar-refractivity contribution in [3.8, 4) is 0 Å². The van der Waals surface area contributed by atoms with Gasteiger partial charge in [0.15, 0.2) is 0 Å². The fourth-order valence-corrected chi connectivity index (χ4v) is 4.63. The van der Waals surface area contributed by atoms with Gasteiger partial charge in [-0.3, -0.25) is 4.79 Å². The maximum absolute atomic E-state index is 12.8. The van der Waals surface area contributed by atoms with Crippen molar-refractivity contribution in [2.45, 2.75) is 24.2 Å². The Morgan fingerprint density at radius 2 is 1.61 bits per heavy atom. The van der Waals surface area contributed by atoms with E-state index in [1.165, 1.54) is 47.8 Å². The van der Waals surface area contributed by atoms with E-state index in [1.54, 1.807) is 12.1 Å². The van der Waals surface area contributed by atoms with E-state index in [9.17, 15) is 18.0 Å². The Labute approximate surface area is 164 Å². The standard InChI is InChI=1S/C20H22N2O5S/c1-27-20(24)16-10-8-15(9-11-16)19(23)21-17-6-5-7-18(14-17)28(25,26)22-12-3-2-4-13-22/h5-11,14H,2-4,12-13H2,1H3,(H,21,23). The Morgan fingerprint density at radius 1 is 0.964 bits per heavy atom. The molecule has 0 aromatic heterocycles. The smallest absolute Gasteiger partial charge is 0.337 e. The minimum absolute atomic E-state index is 0.160. The third-order valence-corrected chi connectivity index (χ3v) is 6.51. The van der Waals surface area contributed by atoms with Crippen LogP contribution in [0.1, 0.15) is 40.0 Å². The van der Waals surface area contributed by atoms with E-state index in [4.69, 9.17) is 0 Å². The highest BCUT2D eigenvalue weighted by Crippen LogP contribution is 2.23. The molecule has 1 heterocycles. The minimum Gasteiger partial charge on any atom is -0.465 e. The fourth-order valence-electron chi connectivity index (χ4n) is 3.07. The molecule has 0 saturated carbocycles. The van der Waals surface area contributed by atoms with Gasteiger partial charge in [-0.1, -0.05) is 12.5 Å². The molecule has 0 spiro atoms. The van der Waals surface area contributed by atoms with Crippen molar-refractivity contribution in [3.05, 3.63) is 59.7 Å². The van der Waals surface area contributed by atoms with Crippen molar-refractivity contribution < 1.29 is 22.7 Å². The lowest BCUT2D eigenvalue weighted by Gasteiger charge is -2.26. The number of nitrogens with one attached hydrogen (secondary N) is 1. The van der Waals surface area contributed by atoms with Crippen LogP contribution in [0.25, 0.3) is 0 Å². The molecule has 1 saturated heterocycles. The number of ether oxygens (including phenoxy) is 1. The first-order chi connectivity index (χ1) is 13.4. The zero-order valence-corrected chi connectivity index (χ0v) is 16.4. The largest absolute Gasteiger partial charge is 0.465 e. The summed E-state index contributed by atoms with van der Waals surface area (Å²) >= 11 is 0. The number of carbonyl (C=O) groups is 2. The molecule has 28 heavy (non-hydrogen) atoms. The van der Waals surface area contributed by atoms with Crippen LogP contribution in [0.5, 0.6) is 0 Å². The van der Waals surface area contributed by atoms with Gasteiger partial charge in [-0.2, -0.15) is 4.31 Å². The van der Waals surface area contributed by atoms with Gasteiger partial charge in [-0.05, 0) is 55.3 Å². The number of hydrogen-bond donors (Lipinski definition) is 1. The highest BCUT2D eigenvalue weighted by atomic mass is 32.2. The summed E-state index contributed by atoms with van der Waals surface area (Å²) in [6.07, 6.45) is 2.76. The van der Waals surface area contributed by atoms with Gasteiger partial charge < -0.3 is 10.1 Å². The monoisotopic (exact) mass is 402 g/mol. The van der Waals surface area contributed by atoms with Crippen molar-refractivity contribution >= 4 is 27.6 Å². The first kappa shape index (κ1) is 20.0. The summed E-state index contributed by atoms with van der Waals surface area (Å²) in [5.41, 5.74) is 1.07. The highest BCUT2D eigenvalue weighted by Gasteiger charge is 2.26. The molecule has 0 bridgehead atoms. The lowest BCUT2D eigenvalue weighted by atomic mass is 10.1. The topological polar surface area (TPSA) is 92.8 Å². The molecule has 2 aromatic rings. The summed E-state index contributed by atoms with van der Waals surface area (Å²) in [4.78, 5) is 24.1. The van der Waals surface area contributed by atoms with Crippen LogP contribution < -0.4 is 5.32 Å². The molecule has 1 aliphatic heterocycles. The molecule has 1 N–H and O–H groups in total. The Bertz CT molecular complexity index is 964. The van der Waals surface area contributed by atoms with Gasteiger partial charge in [0.25, 0.3) is 5.91 Å². The molecule has 3 rings (SSSR count). The number of amides is 1. The summed E-state index contributed by atoms with van der Waals surface area (Å²) < 4.78 is 31.7. The van der Waals surface area contributed by atoms with Crippen LogP contribution in [0.15, 0.2) is 53.4 Å². The quantitative estimate of drug-likeness (QED) is 0.777. The molecular formula is C20H22N2O5S. The fraction of sp³-hybridized carbons (Fsp3) is 0.300. The van der Waals surface area contributed by atoms with E-state index < -0.39 is 21.9 Å². The van der Waals surface area contributed by atoms with Crippen LogP contribution in [0.2, 0.25) is 0 Å². The number of carbonyl (C=O) groups excluding carboxylic acids is 2. The van der Waals surface area contributed by atoms with Gasteiger partial charge >= 0.3 is 5.97 Å². The van der Waals surface area contributed by atoms with Gasteiger partial charge in [0.2, 0.25) is 10.0 Å². The molecule has 148 valence electrons. The number of nitrogens with zero attached hydrogens (tertiary/aromatic N) is 1. The zero-order chi connectivity index (χ0) is 20.1. The molecule has 0 unspecified atom stereocenters. The molecule has 1 amide bonds. The number of benzene rings is 2. The van der Waals surface area contributed by atoms with Crippen molar-refractivity contribution in [1.29, 1.82) is 0 Å². The molecule has 2 aromatic carbocycles. The maximum atomic E-state index is 12.8. The van der Waals surface area contributed by atoms with Crippen LogP contribution in [-0.2, 0) is 14.8 Å². The number of sulfonamides is 1. The SMILES string of the molecule is COC(=O)c1ccc(C(=O)Nc2cccc(S(=O)(=O)N3CCCCC3)c2)cc1. The van der Waals surface area contributed by atoms with Crippen molar-refractivity contribution in [3.63, 3.8) is 0 Å². The summed E-state index contributed by atoms with van der Waals surface area (Å²) in [7, 11) is -2.29. The van der Waals surface area contributed by atoms with E-state index in [0.29, 0.717) is 29.9 Å². The van der Waals surface area contributed by atoms with E-state index in [1.807, 2.05) is 0 Å². The first-order valence-corrected chi connectivity index (χ1v) is 10.5. The lowest BCUT2D eigenvalue weighted by Crippen LogP contribution is -2.35. The summed E-state index contributed by atoms with van der Waals surface area (Å²) in [6.45, 7) is 1.04. The van der Waals surface area contributed by atoms with Crippen LogP contribution in [0, 0.1) is 0 Å². The average molecular weight is 402 g/mol. The summed E-state index contributed by atoms with van der Waals surface area (Å²) in [6, 6.07) is 12.2. The molecule has 0 atom stereocenters.